The van der Waals surface area contributed by atoms with Crippen molar-refractivity contribution in [3.05, 3.63) is 71.6 Å². The molecule has 0 saturated heterocycles. The predicted octanol–water partition coefficient (Wildman–Crippen LogP) is 3.96. The lowest BCUT2D eigenvalue weighted by Gasteiger charge is -2.14. The van der Waals surface area contributed by atoms with Gasteiger partial charge in [-0.3, -0.25) is 4.99 Å². The number of para-hydroxylation sites is 1. The van der Waals surface area contributed by atoms with Crippen LogP contribution < -0.4 is 15.4 Å². The first-order valence-electron chi connectivity index (χ1n) is 9.86. The summed E-state index contributed by atoms with van der Waals surface area (Å²) in [6, 6.07) is 16.2. The smallest absolute Gasteiger partial charge is 0.226 e. The number of ether oxygens (including phenoxy) is 1. The van der Waals surface area contributed by atoms with E-state index >= 15 is 0 Å². The molecule has 0 spiro atoms. The fraction of sp³-hybridized carbons (Fsp3) is 0.304. The zero-order valence-corrected chi connectivity index (χ0v) is 17.2. The van der Waals surface area contributed by atoms with Gasteiger partial charge >= 0.3 is 0 Å². The molecule has 0 fully saturated rings. The number of aliphatic imine (C=N–C) groups is 1. The van der Waals surface area contributed by atoms with Crippen LogP contribution in [-0.2, 0) is 13.0 Å². The first kappa shape index (κ1) is 20.5. The minimum absolute atomic E-state index is 0.636. The summed E-state index contributed by atoms with van der Waals surface area (Å²) in [6.07, 6.45) is 2.46. The third-order valence-electron chi connectivity index (χ3n) is 4.47. The van der Waals surface area contributed by atoms with E-state index in [1.54, 1.807) is 13.3 Å². The largest absolute Gasteiger partial charge is 0.494 e. The number of nitrogens with zero attached hydrogens (tertiary/aromatic N) is 2. The highest BCUT2D eigenvalue weighted by Gasteiger charge is 2.08. The van der Waals surface area contributed by atoms with Gasteiger partial charge in [0.1, 0.15) is 12.0 Å². The standard InChI is InChI=1S/C23H28N4O2/c1-4-28-21-8-6-5-7-19(21)15-26-23(24-3)25-14-13-20-16-29-22(27-20)18-11-9-17(2)10-12-18/h5-12,16H,4,13-15H2,1-3H3,(H2,24,25,26). The van der Waals surface area contributed by atoms with Crippen molar-refractivity contribution in [2.45, 2.75) is 26.8 Å². The van der Waals surface area contributed by atoms with E-state index in [2.05, 4.69) is 39.7 Å². The number of rotatable bonds is 8. The van der Waals surface area contributed by atoms with Crippen LogP contribution in [0.3, 0.4) is 0 Å². The SMILES string of the molecule is CCOc1ccccc1CNC(=NC)NCCc1coc(-c2ccc(C)cc2)n1. The van der Waals surface area contributed by atoms with Crippen LogP contribution in [0.15, 0.2) is 64.2 Å². The third kappa shape index (κ3) is 5.85. The van der Waals surface area contributed by atoms with Gasteiger partial charge in [0.2, 0.25) is 5.89 Å². The molecule has 1 aromatic heterocycles. The normalized spacial score (nSPS) is 11.3. The van der Waals surface area contributed by atoms with E-state index in [-0.39, 0.29) is 0 Å². The minimum atomic E-state index is 0.636. The van der Waals surface area contributed by atoms with Gasteiger partial charge in [-0.1, -0.05) is 35.9 Å². The Morgan fingerprint density at radius 2 is 1.90 bits per heavy atom. The van der Waals surface area contributed by atoms with Crippen molar-refractivity contribution >= 4 is 5.96 Å². The number of hydrogen-bond donors (Lipinski definition) is 2. The van der Waals surface area contributed by atoms with Crippen molar-refractivity contribution in [1.82, 2.24) is 15.6 Å². The second kappa shape index (κ2) is 10.3. The zero-order chi connectivity index (χ0) is 20.5. The van der Waals surface area contributed by atoms with Crippen molar-refractivity contribution in [3.63, 3.8) is 0 Å². The van der Waals surface area contributed by atoms with Crippen LogP contribution in [0.2, 0.25) is 0 Å². The van der Waals surface area contributed by atoms with E-state index in [1.807, 2.05) is 43.3 Å². The Kier molecular flexibility index (Phi) is 7.28. The lowest BCUT2D eigenvalue weighted by atomic mass is 10.1. The van der Waals surface area contributed by atoms with E-state index in [0.717, 1.165) is 35.0 Å². The molecule has 0 atom stereocenters. The minimum Gasteiger partial charge on any atom is -0.494 e. The van der Waals surface area contributed by atoms with Crippen molar-refractivity contribution in [2.75, 3.05) is 20.2 Å². The maximum absolute atomic E-state index is 5.67. The monoisotopic (exact) mass is 392 g/mol. The molecule has 3 rings (SSSR count). The van der Waals surface area contributed by atoms with Crippen LogP contribution in [0.25, 0.3) is 11.5 Å². The topological polar surface area (TPSA) is 71.7 Å². The summed E-state index contributed by atoms with van der Waals surface area (Å²) in [7, 11) is 1.76. The summed E-state index contributed by atoms with van der Waals surface area (Å²) in [5.74, 6) is 2.28. The maximum Gasteiger partial charge on any atom is 0.226 e. The van der Waals surface area contributed by atoms with Gasteiger partial charge in [-0.15, -0.1) is 0 Å². The van der Waals surface area contributed by atoms with E-state index in [9.17, 15) is 0 Å². The van der Waals surface area contributed by atoms with Crippen LogP contribution in [0.5, 0.6) is 5.75 Å². The van der Waals surface area contributed by atoms with E-state index in [1.165, 1.54) is 5.56 Å². The first-order valence-corrected chi connectivity index (χ1v) is 9.86. The predicted molar refractivity (Wildman–Crippen MR) is 116 cm³/mol. The quantitative estimate of drug-likeness (QED) is 0.449. The Morgan fingerprint density at radius 1 is 1.10 bits per heavy atom. The molecule has 1 heterocycles. The lowest BCUT2D eigenvalue weighted by molar-refractivity contribution is 0.336. The third-order valence-corrected chi connectivity index (χ3v) is 4.47. The summed E-state index contributed by atoms with van der Waals surface area (Å²) >= 11 is 0. The van der Waals surface area contributed by atoms with Gasteiger partial charge in [0.25, 0.3) is 0 Å². The number of aromatic nitrogens is 1. The van der Waals surface area contributed by atoms with Crippen molar-refractivity contribution < 1.29 is 9.15 Å². The second-order valence-corrected chi connectivity index (χ2v) is 6.65. The molecular formula is C23H28N4O2. The van der Waals surface area contributed by atoms with Gasteiger partial charge in [-0.25, -0.2) is 4.98 Å². The summed E-state index contributed by atoms with van der Waals surface area (Å²) < 4.78 is 11.3. The number of nitrogens with one attached hydrogen (secondary N) is 2. The molecule has 152 valence electrons. The fourth-order valence-electron chi connectivity index (χ4n) is 2.91. The molecule has 0 saturated carbocycles. The second-order valence-electron chi connectivity index (χ2n) is 6.65. The van der Waals surface area contributed by atoms with Crippen molar-refractivity contribution in [3.8, 4) is 17.2 Å². The number of aryl methyl sites for hydroxylation is 1. The molecule has 2 aromatic carbocycles. The molecular weight excluding hydrogens is 364 g/mol. The van der Waals surface area contributed by atoms with Gasteiger partial charge in [0.05, 0.1) is 12.3 Å². The van der Waals surface area contributed by atoms with Crippen molar-refractivity contribution in [2.24, 2.45) is 4.99 Å². The Hall–Kier alpha value is -3.28. The molecule has 2 N–H and O–H groups in total. The highest BCUT2D eigenvalue weighted by molar-refractivity contribution is 5.79. The summed E-state index contributed by atoms with van der Waals surface area (Å²) in [5.41, 5.74) is 4.20. The van der Waals surface area contributed by atoms with Crippen molar-refractivity contribution in [1.29, 1.82) is 0 Å². The van der Waals surface area contributed by atoms with Gasteiger partial charge in [0, 0.05) is 37.7 Å². The molecule has 29 heavy (non-hydrogen) atoms. The number of guanidine groups is 1. The van der Waals surface area contributed by atoms with Gasteiger partial charge < -0.3 is 19.8 Å². The van der Waals surface area contributed by atoms with Crippen LogP contribution in [0, 0.1) is 6.92 Å². The summed E-state index contributed by atoms with van der Waals surface area (Å²) in [4.78, 5) is 8.86. The number of benzene rings is 2. The molecule has 0 aliphatic carbocycles. The molecule has 0 aliphatic rings. The average molecular weight is 393 g/mol. The van der Waals surface area contributed by atoms with Gasteiger partial charge in [-0.2, -0.15) is 0 Å². The molecule has 0 unspecified atom stereocenters. The Bertz CT molecular complexity index is 932. The molecule has 0 bridgehead atoms. The van der Waals surface area contributed by atoms with E-state index in [4.69, 9.17) is 9.15 Å². The molecule has 3 aromatic rings. The average Bonchev–Trinajstić information content (AvgIpc) is 3.21. The Morgan fingerprint density at radius 3 is 2.66 bits per heavy atom. The van der Waals surface area contributed by atoms with E-state index in [0.29, 0.717) is 25.6 Å². The van der Waals surface area contributed by atoms with Crippen LogP contribution in [-0.4, -0.2) is 31.1 Å². The number of hydrogen-bond acceptors (Lipinski definition) is 4. The summed E-state index contributed by atoms with van der Waals surface area (Å²) in [6.45, 7) is 6.03. The van der Waals surface area contributed by atoms with Crippen LogP contribution >= 0.6 is 0 Å². The lowest BCUT2D eigenvalue weighted by Crippen LogP contribution is -2.38. The highest BCUT2D eigenvalue weighted by atomic mass is 16.5. The first-order chi connectivity index (χ1) is 14.2. The van der Waals surface area contributed by atoms with Crippen LogP contribution in [0.1, 0.15) is 23.7 Å². The fourth-order valence-corrected chi connectivity index (χ4v) is 2.91. The van der Waals surface area contributed by atoms with Crippen LogP contribution in [0.4, 0.5) is 0 Å². The molecule has 0 amide bonds. The summed E-state index contributed by atoms with van der Waals surface area (Å²) in [5, 5.41) is 6.63. The Labute approximate surface area is 172 Å². The van der Waals surface area contributed by atoms with E-state index < -0.39 is 0 Å². The highest BCUT2D eigenvalue weighted by Crippen LogP contribution is 2.19. The molecule has 6 heteroatoms. The van der Waals surface area contributed by atoms with Gasteiger partial charge in [0.15, 0.2) is 5.96 Å². The molecule has 0 radical (unpaired) electrons. The molecule has 0 aliphatic heterocycles. The number of oxazole rings is 1. The Balaban J connectivity index is 1.49. The zero-order valence-electron chi connectivity index (χ0n) is 17.2. The maximum atomic E-state index is 5.67. The van der Waals surface area contributed by atoms with Gasteiger partial charge in [-0.05, 0) is 32.0 Å². The molecule has 6 nitrogen and oxygen atoms in total.